The lowest BCUT2D eigenvalue weighted by Crippen LogP contribution is -2.25. The van der Waals surface area contributed by atoms with Crippen LogP contribution in [-0.4, -0.2) is 24.6 Å². The maximum atomic E-state index is 12.7. The fourth-order valence-electron chi connectivity index (χ4n) is 2.79. The molecule has 6 nitrogen and oxygen atoms in total. The van der Waals surface area contributed by atoms with E-state index in [1.54, 1.807) is 48.5 Å². The third kappa shape index (κ3) is 3.50. The molecule has 0 saturated heterocycles. The Morgan fingerprint density at radius 2 is 1.63 bits per heavy atom. The second-order valence-corrected chi connectivity index (χ2v) is 5.87. The number of carbonyl (C=O) groups excluding carboxylic acids is 3. The summed E-state index contributed by atoms with van der Waals surface area (Å²) in [6.07, 6.45) is 3.11. The van der Waals surface area contributed by atoms with E-state index >= 15 is 0 Å². The summed E-state index contributed by atoms with van der Waals surface area (Å²) in [4.78, 5) is 36.3. The SMILES string of the molecule is COc1ccc(/C=C/C2=C(N)C(=O)c3ccccc3C2=O)cc1OC(C)=O. The summed E-state index contributed by atoms with van der Waals surface area (Å²) in [5.74, 6) is -0.511. The Bertz CT molecular complexity index is 1020. The third-order valence-corrected chi connectivity index (χ3v) is 4.08. The number of carbonyl (C=O) groups is 3. The Morgan fingerprint density at radius 3 is 2.26 bits per heavy atom. The van der Waals surface area contributed by atoms with Crippen LogP contribution >= 0.6 is 0 Å². The average Bonchev–Trinajstić information content (AvgIpc) is 2.66. The number of ketones is 2. The second kappa shape index (κ2) is 7.29. The van der Waals surface area contributed by atoms with E-state index in [0.717, 1.165) is 0 Å². The standard InChI is InChI=1S/C21H17NO5/c1-12(23)27-18-11-13(8-10-17(18)26-2)7-9-16-19(22)21(25)15-6-4-3-5-14(15)20(16)24/h3-11H,22H2,1-2H3/b9-7+. The van der Waals surface area contributed by atoms with Crippen LogP contribution in [-0.2, 0) is 4.79 Å². The Morgan fingerprint density at radius 1 is 0.963 bits per heavy atom. The molecule has 1 aliphatic rings. The van der Waals surface area contributed by atoms with Gasteiger partial charge in [0.25, 0.3) is 0 Å². The first-order valence-electron chi connectivity index (χ1n) is 8.15. The minimum Gasteiger partial charge on any atom is -0.493 e. The van der Waals surface area contributed by atoms with Crippen molar-refractivity contribution in [2.75, 3.05) is 7.11 Å². The molecule has 0 atom stereocenters. The van der Waals surface area contributed by atoms with Crippen molar-refractivity contribution in [1.29, 1.82) is 0 Å². The van der Waals surface area contributed by atoms with Gasteiger partial charge in [0.1, 0.15) is 0 Å². The van der Waals surface area contributed by atoms with Gasteiger partial charge in [-0.05, 0) is 23.8 Å². The zero-order valence-electron chi connectivity index (χ0n) is 14.8. The highest BCUT2D eigenvalue weighted by molar-refractivity contribution is 6.27. The lowest BCUT2D eigenvalue weighted by Gasteiger charge is -2.16. The van der Waals surface area contributed by atoms with E-state index in [2.05, 4.69) is 0 Å². The highest BCUT2D eigenvalue weighted by Crippen LogP contribution is 2.30. The van der Waals surface area contributed by atoms with Gasteiger partial charge in [-0.1, -0.05) is 36.4 Å². The number of allylic oxidation sites excluding steroid dienone is 3. The Kier molecular flexibility index (Phi) is 4.90. The minimum atomic E-state index is -0.481. The number of hydrogen-bond donors (Lipinski definition) is 1. The maximum absolute atomic E-state index is 12.7. The molecule has 0 radical (unpaired) electrons. The quantitative estimate of drug-likeness (QED) is 0.663. The van der Waals surface area contributed by atoms with Gasteiger partial charge in [-0.3, -0.25) is 14.4 Å². The van der Waals surface area contributed by atoms with E-state index in [1.807, 2.05) is 0 Å². The normalized spacial score (nSPS) is 13.7. The van der Waals surface area contributed by atoms with Crippen molar-refractivity contribution in [3.05, 3.63) is 76.5 Å². The highest BCUT2D eigenvalue weighted by Gasteiger charge is 2.28. The van der Waals surface area contributed by atoms with Crippen LogP contribution in [0.3, 0.4) is 0 Å². The van der Waals surface area contributed by atoms with Crippen LogP contribution in [0.5, 0.6) is 11.5 Å². The fraction of sp³-hybridized carbons (Fsp3) is 0.0952. The van der Waals surface area contributed by atoms with Crippen LogP contribution in [0.1, 0.15) is 33.2 Å². The van der Waals surface area contributed by atoms with Crippen LogP contribution in [0.4, 0.5) is 0 Å². The molecular formula is C21H17NO5. The van der Waals surface area contributed by atoms with E-state index in [1.165, 1.54) is 20.1 Å². The van der Waals surface area contributed by atoms with E-state index < -0.39 is 5.97 Å². The zero-order chi connectivity index (χ0) is 19.6. The van der Waals surface area contributed by atoms with Crippen LogP contribution in [0.2, 0.25) is 0 Å². The van der Waals surface area contributed by atoms with E-state index in [4.69, 9.17) is 15.2 Å². The number of rotatable bonds is 4. The van der Waals surface area contributed by atoms with Gasteiger partial charge in [-0.25, -0.2) is 0 Å². The Labute approximate surface area is 155 Å². The number of nitrogens with two attached hydrogens (primary N) is 1. The lowest BCUT2D eigenvalue weighted by atomic mass is 9.87. The molecule has 0 aliphatic heterocycles. The first-order chi connectivity index (χ1) is 12.9. The van der Waals surface area contributed by atoms with Gasteiger partial charge in [0.2, 0.25) is 5.78 Å². The molecule has 27 heavy (non-hydrogen) atoms. The zero-order valence-corrected chi connectivity index (χ0v) is 14.8. The van der Waals surface area contributed by atoms with Gasteiger partial charge >= 0.3 is 5.97 Å². The molecule has 136 valence electrons. The molecule has 2 N–H and O–H groups in total. The van der Waals surface area contributed by atoms with E-state index in [0.29, 0.717) is 22.4 Å². The van der Waals surface area contributed by atoms with Gasteiger partial charge in [0.15, 0.2) is 17.3 Å². The van der Waals surface area contributed by atoms with Gasteiger partial charge in [0, 0.05) is 23.6 Å². The topological polar surface area (TPSA) is 95.7 Å². The smallest absolute Gasteiger partial charge is 0.308 e. The summed E-state index contributed by atoms with van der Waals surface area (Å²) >= 11 is 0. The fourth-order valence-corrected chi connectivity index (χ4v) is 2.79. The number of esters is 1. The Balaban J connectivity index is 1.96. The summed E-state index contributed by atoms with van der Waals surface area (Å²) in [5.41, 5.74) is 7.21. The third-order valence-electron chi connectivity index (χ3n) is 4.08. The van der Waals surface area contributed by atoms with Gasteiger partial charge in [0.05, 0.1) is 12.8 Å². The van der Waals surface area contributed by atoms with Crippen molar-refractivity contribution in [2.45, 2.75) is 6.92 Å². The first kappa shape index (κ1) is 18.1. The maximum Gasteiger partial charge on any atom is 0.308 e. The highest BCUT2D eigenvalue weighted by atomic mass is 16.6. The molecule has 0 spiro atoms. The van der Waals surface area contributed by atoms with E-state index in [9.17, 15) is 14.4 Å². The van der Waals surface area contributed by atoms with Gasteiger partial charge < -0.3 is 15.2 Å². The summed E-state index contributed by atoms with van der Waals surface area (Å²) in [6.45, 7) is 1.29. The minimum absolute atomic E-state index is 0.0938. The molecule has 0 bridgehead atoms. The average molecular weight is 363 g/mol. The predicted octanol–water partition coefficient (Wildman–Crippen LogP) is 2.93. The summed E-state index contributed by atoms with van der Waals surface area (Å²) in [5, 5.41) is 0. The monoisotopic (exact) mass is 363 g/mol. The van der Waals surface area contributed by atoms with Crippen molar-refractivity contribution in [3.8, 4) is 11.5 Å². The van der Waals surface area contributed by atoms with Crippen LogP contribution in [0.25, 0.3) is 6.08 Å². The number of benzene rings is 2. The number of fused-ring (bicyclic) bond motifs is 1. The molecule has 0 heterocycles. The number of methoxy groups -OCH3 is 1. The van der Waals surface area contributed by atoms with Gasteiger partial charge in [-0.2, -0.15) is 0 Å². The molecule has 0 unspecified atom stereocenters. The molecule has 1 aliphatic carbocycles. The molecule has 6 heteroatoms. The number of ether oxygens (including phenoxy) is 2. The first-order valence-corrected chi connectivity index (χ1v) is 8.15. The molecule has 3 rings (SSSR count). The molecule has 0 aromatic heterocycles. The van der Waals surface area contributed by atoms with Crippen molar-refractivity contribution in [2.24, 2.45) is 5.73 Å². The molecule has 0 fully saturated rings. The van der Waals surface area contributed by atoms with Gasteiger partial charge in [-0.15, -0.1) is 0 Å². The molecule has 2 aromatic carbocycles. The number of Topliss-reactive ketones (excluding diaryl/α,β-unsaturated/α-hetero) is 2. The van der Waals surface area contributed by atoms with E-state index in [-0.39, 0.29) is 28.6 Å². The summed E-state index contributed by atoms with van der Waals surface area (Å²) < 4.78 is 10.3. The number of hydrogen-bond acceptors (Lipinski definition) is 6. The van der Waals surface area contributed by atoms with Crippen LogP contribution in [0.15, 0.2) is 59.8 Å². The molecule has 2 aromatic rings. The Hall–Kier alpha value is -3.67. The van der Waals surface area contributed by atoms with Crippen molar-refractivity contribution < 1.29 is 23.9 Å². The lowest BCUT2D eigenvalue weighted by molar-refractivity contribution is -0.132. The predicted molar refractivity (Wildman–Crippen MR) is 99.7 cm³/mol. The van der Waals surface area contributed by atoms with Crippen molar-refractivity contribution in [1.82, 2.24) is 0 Å². The summed E-state index contributed by atoms with van der Waals surface area (Å²) in [7, 11) is 1.47. The molecule has 0 saturated carbocycles. The summed E-state index contributed by atoms with van der Waals surface area (Å²) in [6, 6.07) is 11.5. The van der Waals surface area contributed by atoms with Crippen molar-refractivity contribution >= 4 is 23.6 Å². The van der Waals surface area contributed by atoms with Crippen LogP contribution < -0.4 is 15.2 Å². The largest absolute Gasteiger partial charge is 0.493 e. The van der Waals surface area contributed by atoms with Crippen LogP contribution in [0, 0.1) is 0 Å². The molecule has 0 amide bonds. The second-order valence-electron chi connectivity index (χ2n) is 5.87. The van der Waals surface area contributed by atoms with Crippen molar-refractivity contribution in [3.63, 3.8) is 0 Å². The molecular weight excluding hydrogens is 346 g/mol.